The van der Waals surface area contributed by atoms with Crippen molar-refractivity contribution in [1.82, 2.24) is 0 Å². The fourth-order valence-corrected chi connectivity index (χ4v) is 8.41. The fraction of sp³-hybridized carbons (Fsp3) is 0.167. The van der Waals surface area contributed by atoms with Gasteiger partial charge in [-0.05, 0) is 100 Å². The summed E-state index contributed by atoms with van der Waals surface area (Å²) in [6, 6.07) is 60.0. The predicted molar refractivity (Wildman–Crippen MR) is 211 cm³/mol. The van der Waals surface area contributed by atoms with Crippen LogP contribution in [0.4, 0.5) is 17.1 Å². The first-order valence-electron chi connectivity index (χ1n) is 18.2. The minimum absolute atomic E-state index is 0.0428. The van der Waals surface area contributed by atoms with Crippen molar-refractivity contribution in [3.63, 3.8) is 0 Å². The third-order valence-corrected chi connectivity index (χ3v) is 11.0. The molecule has 0 bridgehead atoms. The Bertz CT molecular complexity index is 2390. The molecule has 1 aliphatic rings. The minimum atomic E-state index is 0.0428. The van der Waals surface area contributed by atoms with Crippen LogP contribution in [-0.2, 0) is 5.41 Å². The van der Waals surface area contributed by atoms with Crippen molar-refractivity contribution >= 4 is 49.8 Å². The number of rotatable bonds is 6. The number of para-hydroxylation sites is 1. The van der Waals surface area contributed by atoms with E-state index in [9.17, 15) is 0 Å². The van der Waals surface area contributed by atoms with Gasteiger partial charge in [0.25, 0.3) is 0 Å². The Labute approximate surface area is 294 Å². The lowest BCUT2D eigenvalue weighted by Gasteiger charge is -2.37. The molecule has 1 aromatic heterocycles. The number of fused-ring (bicyclic) bond motifs is 4. The van der Waals surface area contributed by atoms with E-state index in [4.69, 9.17) is 4.42 Å². The van der Waals surface area contributed by atoms with Crippen molar-refractivity contribution < 1.29 is 4.42 Å². The summed E-state index contributed by atoms with van der Waals surface area (Å²) in [5.74, 6) is 0. The van der Waals surface area contributed by atoms with Gasteiger partial charge in [0, 0.05) is 33.2 Å². The van der Waals surface area contributed by atoms with Crippen LogP contribution >= 0.6 is 0 Å². The minimum Gasteiger partial charge on any atom is -0.456 e. The lowest BCUT2D eigenvalue weighted by Crippen LogP contribution is -2.29. The Kier molecular flexibility index (Phi) is 7.93. The van der Waals surface area contributed by atoms with E-state index in [1.807, 2.05) is 6.07 Å². The Balaban J connectivity index is 1.15. The van der Waals surface area contributed by atoms with Crippen LogP contribution in [0.1, 0.15) is 56.1 Å². The van der Waals surface area contributed by atoms with Crippen LogP contribution < -0.4 is 4.90 Å². The molecule has 0 N–H and O–H groups in total. The van der Waals surface area contributed by atoms with E-state index in [-0.39, 0.29) is 5.41 Å². The molecule has 0 unspecified atom stereocenters. The molecule has 1 aliphatic carbocycles. The Hall–Kier alpha value is -5.60. The monoisotopic (exact) mass is 647 g/mol. The van der Waals surface area contributed by atoms with E-state index < -0.39 is 0 Å². The van der Waals surface area contributed by atoms with E-state index >= 15 is 0 Å². The van der Waals surface area contributed by atoms with Crippen LogP contribution in [0.3, 0.4) is 0 Å². The molecule has 7 aromatic carbocycles. The molecule has 1 heterocycles. The van der Waals surface area contributed by atoms with Gasteiger partial charge in [0.05, 0.1) is 0 Å². The number of anilines is 3. The first-order valence-corrected chi connectivity index (χ1v) is 18.2. The lowest BCUT2D eigenvalue weighted by atomic mass is 9.67. The van der Waals surface area contributed by atoms with Crippen molar-refractivity contribution in [2.24, 2.45) is 0 Å². The van der Waals surface area contributed by atoms with Crippen LogP contribution in [0.15, 0.2) is 168 Å². The summed E-state index contributed by atoms with van der Waals surface area (Å²) >= 11 is 0. The molecule has 0 radical (unpaired) electrons. The van der Waals surface area contributed by atoms with Gasteiger partial charge >= 0.3 is 0 Å². The van der Waals surface area contributed by atoms with Crippen molar-refractivity contribution in [2.45, 2.75) is 50.4 Å². The van der Waals surface area contributed by atoms with Gasteiger partial charge in [-0.2, -0.15) is 0 Å². The van der Waals surface area contributed by atoms with Crippen molar-refractivity contribution in [2.75, 3.05) is 4.90 Å². The third kappa shape index (κ3) is 5.55. The van der Waals surface area contributed by atoms with E-state index in [2.05, 4.69) is 163 Å². The summed E-state index contributed by atoms with van der Waals surface area (Å²) in [5.41, 5.74) is 10.6. The van der Waals surface area contributed by atoms with Gasteiger partial charge in [0.15, 0.2) is 0 Å². The zero-order valence-corrected chi connectivity index (χ0v) is 28.4. The number of furan rings is 1. The zero-order chi connectivity index (χ0) is 33.3. The topological polar surface area (TPSA) is 16.4 Å². The molecule has 0 spiro atoms. The Morgan fingerprint density at radius 1 is 0.400 bits per heavy atom. The highest BCUT2D eigenvalue weighted by Gasteiger charge is 2.34. The summed E-state index contributed by atoms with van der Waals surface area (Å²) in [7, 11) is 0. The SMILES string of the molecule is c1ccc(C2(c3ccc(N(c4ccc(-c5ccc6ccccc6c5)cc4)c4ccc5oc6ccccc6c5c4)cc3)CCCCCCC2)cc1. The summed E-state index contributed by atoms with van der Waals surface area (Å²) in [4.78, 5) is 2.39. The van der Waals surface area contributed by atoms with Gasteiger partial charge in [0.2, 0.25) is 0 Å². The number of benzene rings is 7. The number of nitrogens with zero attached hydrogens (tertiary/aromatic N) is 1. The summed E-state index contributed by atoms with van der Waals surface area (Å²) in [6.07, 6.45) is 8.92. The largest absolute Gasteiger partial charge is 0.456 e. The second-order valence-corrected chi connectivity index (χ2v) is 14.0. The standard InChI is InChI=1S/C48H41NO/c1-2-11-31-48(32-12-3-1,39-15-5-4-6-16-39)40-23-27-42(28-24-40)49(43-29-30-47-45(34-43)44-17-9-10-18-46(44)50-47)41-25-21-36(22-26-41)38-20-19-35-13-7-8-14-37(35)33-38/h4-10,13-30,33-34H,1-3,11-12,31-32H2. The van der Waals surface area contributed by atoms with Crippen molar-refractivity contribution in [3.05, 3.63) is 175 Å². The van der Waals surface area contributed by atoms with Crippen LogP contribution in [-0.4, -0.2) is 0 Å². The summed E-state index contributed by atoms with van der Waals surface area (Å²) < 4.78 is 6.23. The average Bonchev–Trinajstić information content (AvgIpc) is 3.54. The molecular weight excluding hydrogens is 607 g/mol. The van der Waals surface area contributed by atoms with E-state index in [0.717, 1.165) is 39.0 Å². The van der Waals surface area contributed by atoms with E-state index in [1.54, 1.807) is 0 Å². The maximum atomic E-state index is 6.23. The second kappa shape index (κ2) is 13.0. The van der Waals surface area contributed by atoms with Gasteiger partial charge in [-0.3, -0.25) is 0 Å². The molecule has 1 saturated carbocycles. The molecule has 0 amide bonds. The molecule has 2 heteroatoms. The molecule has 1 fully saturated rings. The Morgan fingerprint density at radius 2 is 0.980 bits per heavy atom. The molecule has 0 saturated heterocycles. The molecule has 8 aromatic rings. The average molecular weight is 648 g/mol. The van der Waals surface area contributed by atoms with Crippen LogP contribution in [0.25, 0.3) is 43.8 Å². The molecule has 9 rings (SSSR count). The molecule has 0 aliphatic heterocycles. The predicted octanol–water partition coefficient (Wildman–Crippen LogP) is 13.9. The normalized spacial score (nSPS) is 14.8. The number of hydrogen-bond donors (Lipinski definition) is 0. The van der Waals surface area contributed by atoms with Crippen LogP contribution in [0, 0.1) is 0 Å². The van der Waals surface area contributed by atoms with Crippen molar-refractivity contribution in [1.29, 1.82) is 0 Å². The molecule has 244 valence electrons. The van der Waals surface area contributed by atoms with Gasteiger partial charge in [0.1, 0.15) is 11.2 Å². The van der Waals surface area contributed by atoms with E-state index in [1.165, 1.54) is 78.0 Å². The third-order valence-electron chi connectivity index (χ3n) is 11.0. The van der Waals surface area contributed by atoms with Crippen LogP contribution in [0.5, 0.6) is 0 Å². The molecule has 2 nitrogen and oxygen atoms in total. The second-order valence-electron chi connectivity index (χ2n) is 14.0. The summed E-state index contributed by atoms with van der Waals surface area (Å²) in [6.45, 7) is 0. The highest BCUT2D eigenvalue weighted by Crippen LogP contribution is 2.45. The molecule has 0 atom stereocenters. The first kappa shape index (κ1) is 30.5. The number of hydrogen-bond acceptors (Lipinski definition) is 2. The van der Waals surface area contributed by atoms with Gasteiger partial charge in [-0.1, -0.05) is 141 Å². The van der Waals surface area contributed by atoms with Crippen molar-refractivity contribution in [3.8, 4) is 11.1 Å². The van der Waals surface area contributed by atoms with Gasteiger partial charge < -0.3 is 9.32 Å². The first-order chi connectivity index (χ1) is 24.7. The molecule has 50 heavy (non-hydrogen) atoms. The highest BCUT2D eigenvalue weighted by molar-refractivity contribution is 6.06. The highest BCUT2D eigenvalue weighted by atomic mass is 16.3. The van der Waals surface area contributed by atoms with Crippen LogP contribution in [0.2, 0.25) is 0 Å². The fourth-order valence-electron chi connectivity index (χ4n) is 8.41. The maximum Gasteiger partial charge on any atom is 0.135 e. The quantitative estimate of drug-likeness (QED) is 0.179. The van der Waals surface area contributed by atoms with Gasteiger partial charge in [-0.15, -0.1) is 0 Å². The maximum absolute atomic E-state index is 6.23. The summed E-state index contributed by atoms with van der Waals surface area (Å²) in [5, 5.41) is 4.79. The van der Waals surface area contributed by atoms with Gasteiger partial charge in [-0.25, -0.2) is 0 Å². The Morgan fingerprint density at radius 3 is 1.76 bits per heavy atom. The zero-order valence-electron chi connectivity index (χ0n) is 28.4. The van der Waals surface area contributed by atoms with E-state index in [0.29, 0.717) is 0 Å². The lowest BCUT2D eigenvalue weighted by molar-refractivity contribution is 0.366. The smallest absolute Gasteiger partial charge is 0.135 e. The molecular formula is C48H41NO.